The molecule has 0 aliphatic heterocycles. The quantitative estimate of drug-likeness (QED) is 0.751. The molecule has 0 saturated heterocycles. The number of pyridine rings is 1. The molecule has 5 nitrogen and oxygen atoms in total. The Bertz CT molecular complexity index is 1100. The Morgan fingerprint density at radius 2 is 1.76 bits per heavy atom. The lowest BCUT2D eigenvalue weighted by atomic mass is 10.0. The van der Waals surface area contributed by atoms with Crippen LogP contribution in [0.4, 0.5) is 4.39 Å². The van der Waals surface area contributed by atoms with Crippen LogP contribution in [0.1, 0.15) is 16.7 Å². The molecule has 7 heteroatoms. The molecule has 0 spiro atoms. The van der Waals surface area contributed by atoms with Gasteiger partial charge in [0, 0.05) is 23.0 Å². The molecular weight excluding hydrogens is 343 g/mol. The second-order valence-corrected chi connectivity index (χ2v) is 7.71. The van der Waals surface area contributed by atoms with Crippen LogP contribution >= 0.6 is 0 Å². The normalized spacial score (nSPS) is 11.8. The number of sulfonamides is 1. The highest BCUT2D eigenvalue weighted by Gasteiger charge is 2.15. The molecule has 3 rings (SSSR count). The predicted octanol–water partition coefficient (Wildman–Crippen LogP) is 2.76. The summed E-state index contributed by atoms with van der Waals surface area (Å²) in [6.07, 6.45) is 0. The van der Waals surface area contributed by atoms with Gasteiger partial charge in [0.1, 0.15) is 5.82 Å². The molecular formula is C18H17FN2O3S. The van der Waals surface area contributed by atoms with E-state index in [1.54, 1.807) is 6.07 Å². The Morgan fingerprint density at radius 1 is 1.08 bits per heavy atom. The zero-order valence-corrected chi connectivity index (χ0v) is 14.6. The number of nitrogens with one attached hydrogen (secondary N) is 2. The average molecular weight is 360 g/mol. The summed E-state index contributed by atoms with van der Waals surface area (Å²) >= 11 is 0. The second-order valence-electron chi connectivity index (χ2n) is 5.95. The molecule has 2 aromatic carbocycles. The summed E-state index contributed by atoms with van der Waals surface area (Å²) in [5, 5.41) is 0.862. The Morgan fingerprint density at radius 3 is 2.44 bits per heavy atom. The first-order valence-electron chi connectivity index (χ1n) is 7.65. The lowest BCUT2D eigenvalue weighted by Gasteiger charge is -2.09. The zero-order chi connectivity index (χ0) is 18.2. The van der Waals surface area contributed by atoms with E-state index < -0.39 is 15.8 Å². The Kier molecular flexibility index (Phi) is 4.45. The van der Waals surface area contributed by atoms with Gasteiger partial charge in [-0.15, -0.1) is 0 Å². The van der Waals surface area contributed by atoms with Crippen molar-refractivity contribution in [3.05, 3.63) is 75.3 Å². The lowest BCUT2D eigenvalue weighted by Crippen LogP contribution is -2.27. The number of hydrogen-bond donors (Lipinski definition) is 2. The predicted molar refractivity (Wildman–Crippen MR) is 94.5 cm³/mol. The first-order valence-corrected chi connectivity index (χ1v) is 9.13. The van der Waals surface area contributed by atoms with E-state index in [4.69, 9.17) is 0 Å². The minimum absolute atomic E-state index is 0.0575. The number of H-pyrrole nitrogens is 1. The van der Waals surface area contributed by atoms with Crippen LogP contribution in [0.5, 0.6) is 0 Å². The van der Waals surface area contributed by atoms with E-state index in [2.05, 4.69) is 9.71 Å². The number of halogens is 1. The largest absolute Gasteiger partial charge is 0.322 e. The van der Waals surface area contributed by atoms with Crippen molar-refractivity contribution >= 4 is 20.9 Å². The van der Waals surface area contributed by atoms with Gasteiger partial charge in [0.05, 0.1) is 4.90 Å². The van der Waals surface area contributed by atoms with E-state index in [9.17, 15) is 17.6 Å². The molecule has 0 aliphatic carbocycles. The van der Waals surface area contributed by atoms with Crippen molar-refractivity contribution in [2.45, 2.75) is 25.3 Å². The number of rotatable bonds is 4. The summed E-state index contributed by atoms with van der Waals surface area (Å²) in [6.45, 7) is 3.72. The highest BCUT2D eigenvalue weighted by atomic mass is 32.2. The van der Waals surface area contributed by atoms with Gasteiger partial charge in [-0.3, -0.25) is 4.79 Å². The van der Waals surface area contributed by atoms with Crippen molar-refractivity contribution in [3.63, 3.8) is 0 Å². The van der Waals surface area contributed by atoms with Crippen LogP contribution in [0.3, 0.4) is 0 Å². The minimum Gasteiger partial charge on any atom is -0.322 e. The summed E-state index contributed by atoms with van der Waals surface area (Å²) in [7, 11) is -3.83. The van der Waals surface area contributed by atoms with Crippen LogP contribution < -0.4 is 10.3 Å². The molecule has 0 radical (unpaired) electrons. The molecule has 25 heavy (non-hydrogen) atoms. The van der Waals surface area contributed by atoms with E-state index in [1.165, 1.54) is 12.1 Å². The molecule has 3 aromatic rings. The molecule has 0 amide bonds. The molecule has 1 aromatic heterocycles. The third-order valence-electron chi connectivity index (χ3n) is 3.97. The summed E-state index contributed by atoms with van der Waals surface area (Å²) in [5.41, 5.74) is 2.70. The highest BCUT2D eigenvalue weighted by Crippen LogP contribution is 2.18. The molecule has 0 atom stereocenters. The van der Waals surface area contributed by atoms with Gasteiger partial charge >= 0.3 is 0 Å². The van der Waals surface area contributed by atoms with E-state index in [0.29, 0.717) is 11.1 Å². The van der Waals surface area contributed by atoms with Gasteiger partial charge < -0.3 is 4.98 Å². The van der Waals surface area contributed by atoms with Crippen LogP contribution in [0, 0.1) is 19.7 Å². The summed E-state index contributed by atoms with van der Waals surface area (Å²) in [6, 6.07) is 10.1. The fourth-order valence-electron chi connectivity index (χ4n) is 2.72. The SMILES string of the molecule is Cc1cc(C)c2cc(CNS(=O)(=O)c3ccc(F)cc3)c(=O)[nH]c2c1. The van der Waals surface area contributed by atoms with Gasteiger partial charge in [0.2, 0.25) is 10.0 Å². The molecule has 130 valence electrons. The lowest BCUT2D eigenvalue weighted by molar-refractivity contribution is 0.580. The minimum atomic E-state index is -3.83. The first-order chi connectivity index (χ1) is 11.8. The van der Waals surface area contributed by atoms with Gasteiger partial charge in [-0.25, -0.2) is 17.5 Å². The van der Waals surface area contributed by atoms with Gasteiger partial charge in [0.25, 0.3) is 5.56 Å². The molecule has 1 heterocycles. The third kappa shape index (κ3) is 3.62. The van der Waals surface area contributed by atoms with Crippen molar-refractivity contribution in [1.29, 1.82) is 0 Å². The first kappa shape index (κ1) is 17.3. The van der Waals surface area contributed by atoms with Crippen LogP contribution in [0.2, 0.25) is 0 Å². The maximum absolute atomic E-state index is 12.9. The molecule has 0 fully saturated rings. The second kappa shape index (κ2) is 6.42. The van der Waals surface area contributed by atoms with Gasteiger partial charge in [0.15, 0.2) is 0 Å². The maximum atomic E-state index is 12.9. The van der Waals surface area contributed by atoms with Gasteiger partial charge in [-0.05, 0) is 61.4 Å². The van der Waals surface area contributed by atoms with E-state index >= 15 is 0 Å². The van der Waals surface area contributed by atoms with Gasteiger partial charge in [-0.1, -0.05) is 6.07 Å². The molecule has 0 bridgehead atoms. The Labute approximate surface area is 144 Å². The van der Waals surface area contributed by atoms with Crippen molar-refractivity contribution in [3.8, 4) is 0 Å². The van der Waals surface area contributed by atoms with E-state index in [-0.39, 0.29) is 17.0 Å². The number of aromatic amines is 1. The fraction of sp³-hybridized carbons (Fsp3) is 0.167. The number of aryl methyl sites for hydroxylation is 2. The Balaban J connectivity index is 1.92. The monoisotopic (exact) mass is 360 g/mol. The van der Waals surface area contributed by atoms with E-state index in [1.807, 2.05) is 26.0 Å². The molecule has 2 N–H and O–H groups in total. The number of aromatic nitrogens is 1. The van der Waals surface area contributed by atoms with Crippen LogP contribution in [-0.4, -0.2) is 13.4 Å². The molecule has 0 aliphatic rings. The van der Waals surface area contributed by atoms with Crippen LogP contribution in [-0.2, 0) is 16.6 Å². The third-order valence-corrected chi connectivity index (χ3v) is 5.38. The standard InChI is InChI=1S/C18H17FN2O3S/c1-11-7-12(2)16-9-13(18(22)21-17(16)8-11)10-20-25(23,24)15-5-3-14(19)4-6-15/h3-9,20H,10H2,1-2H3,(H,21,22). The Hall–Kier alpha value is -2.51. The van der Waals surface area contributed by atoms with Crippen molar-refractivity contribution in [2.24, 2.45) is 0 Å². The number of fused-ring (bicyclic) bond motifs is 1. The number of hydrogen-bond acceptors (Lipinski definition) is 3. The van der Waals surface area contributed by atoms with Crippen molar-refractivity contribution < 1.29 is 12.8 Å². The fourth-order valence-corrected chi connectivity index (χ4v) is 3.72. The highest BCUT2D eigenvalue weighted by molar-refractivity contribution is 7.89. The number of benzene rings is 2. The smallest absolute Gasteiger partial charge is 0.252 e. The molecule has 0 saturated carbocycles. The van der Waals surface area contributed by atoms with Crippen molar-refractivity contribution in [2.75, 3.05) is 0 Å². The van der Waals surface area contributed by atoms with Crippen LogP contribution in [0.15, 0.2) is 52.2 Å². The zero-order valence-electron chi connectivity index (χ0n) is 13.8. The van der Waals surface area contributed by atoms with Gasteiger partial charge in [-0.2, -0.15) is 0 Å². The average Bonchev–Trinajstić information content (AvgIpc) is 2.53. The van der Waals surface area contributed by atoms with E-state index in [0.717, 1.165) is 28.6 Å². The molecule has 0 unspecified atom stereocenters. The summed E-state index contributed by atoms with van der Waals surface area (Å²) in [5.74, 6) is -0.518. The maximum Gasteiger partial charge on any atom is 0.252 e. The van der Waals surface area contributed by atoms with Crippen LogP contribution in [0.25, 0.3) is 10.9 Å². The summed E-state index contributed by atoms with van der Waals surface area (Å²) in [4.78, 5) is 14.9. The summed E-state index contributed by atoms with van der Waals surface area (Å²) < 4.78 is 39.8. The topological polar surface area (TPSA) is 79.0 Å². The van der Waals surface area contributed by atoms with Crippen molar-refractivity contribution in [1.82, 2.24) is 9.71 Å².